The van der Waals surface area contributed by atoms with Crippen molar-refractivity contribution >= 4 is 16.3 Å². The number of hydrogen-bond donors (Lipinski definition) is 0. The summed E-state index contributed by atoms with van der Waals surface area (Å²) in [6, 6.07) is 49.4. The molecule has 0 saturated heterocycles. The minimum Gasteiger partial charge on any atom is -0.457 e. The molecule has 6 aromatic carbocycles. The summed E-state index contributed by atoms with van der Waals surface area (Å²) in [4.78, 5) is 15.3. The molecule has 0 bridgehead atoms. The Kier molecular flexibility index (Phi) is 6.99. The number of aromatic nitrogens is 3. The van der Waals surface area contributed by atoms with Gasteiger partial charge in [-0.05, 0) is 57.7 Å². The minimum atomic E-state index is -0.374. The monoisotopic (exact) mass is 693 g/mol. The molecular weight excluding hydrogens is 659 g/mol. The van der Waals surface area contributed by atoms with Crippen molar-refractivity contribution in [1.82, 2.24) is 15.0 Å². The van der Waals surface area contributed by atoms with Crippen LogP contribution in [-0.4, -0.2) is 15.0 Å². The van der Waals surface area contributed by atoms with Crippen LogP contribution in [-0.2, 0) is 5.41 Å². The number of benzene rings is 6. The molecule has 0 fully saturated rings. The van der Waals surface area contributed by atoms with Crippen molar-refractivity contribution in [3.05, 3.63) is 216 Å². The Morgan fingerprint density at radius 1 is 0.574 bits per heavy atom. The van der Waals surface area contributed by atoms with Crippen LogP contribution in [0.15, 0.2) is 182 Å². The summed E-state index contributed by atoms with van der Waals surface area (Å²) in [5.41, 5.74) is 9.20. The lowest BCUT2D eigenvalue weighted by molar-refractivity contribution is 0.374. The number of ether oxygens (including phenoxy) is 1. The third kappa shape index (κ3) is 4.66. The Hall–Kier alpha value is -6.65. The van der Waals surface area contributed by atoms with E-state index >= 15 is 0 Å². The molecule has 4 heteroatoms. The van der Waals surface area contributed by atoms with Crippen molar-refractivity contribution < 1.29 is 4.74 Å². The van der Waals surface area contributed by atoms with Gasteiger partial charge in [0.1, 0.15) is 17.3 Å². The Balaban J connectivity index is 0.996. The first-order valence-corrected chi connectivity index (χ1v) is 18.8. The zero-order chi connectivity index (χ0) is 35.6. The van der Waals surface area contributed by atoms with Gasteiger partial charge in [0.05, 0.1) is 5.41 Å². The number of para-hydroxylation sites is 1. The zero-order valence-corrected chi connectivity index (χ0v) is 29.5. The molecule has 256 valence electrons. The van der Waals surface area contributed by atoms with Crippen LogP contribution in [0.1, 0.15) is 51.9 Å². The molecule has 7 aromatic rings. The van der Waals surface area contributed by atoms with Crippen LogP contribution < -0.4 is 4.74 Å². The van der Waals surface area contributed by atoms with Gasteiger partial charge >= 0.3 is 0 Å². The lowest BCUT2D eigenvalue weighted by Gasteiger charge is -2.43. The summed E-state index contributed by atoms with van der Waals surface area (Å²) in [6.45, 7) is 0. The minimum absolute atomic E-state index is 0.00810. The first-order valence-electron chi connectivity index (χ1n) is 18.8. The lowest BCUT2D eigenvalue weighted by atomic mass is 9.61. The van der Waals surface area contributed by atoms with E-state index in [1.807, 2.05) is 18.2 Å². The second-order valence-electron chi connectivity index (χ2n) is 14.6. The molecule has 2 heterocycles. The highest BCUT2D eigenvalue weighted by Gasteiger charge is 2.56. The molecule has 1 spiro atoms. The van der Waals surface area contributed by atoms with Gasteiger partial charge in [-0.15, -0.1) is 0 Å². The van der Waals surface area contributed by atoms with Crippen LogP contribution in [0.3, 0.4) is 0 Å². The molecule has 3 aliphatic carbocycles. The highest BCUT2D eigenvalue weighted by molar-refractivity contribution is 5.95. The van der Waals surface area contributed by atoms with Crippen molar-refractivity contribution in [2.75, 3.05) is 0 Å². The number of nitrogens with zero attached hydrogens (tertiary/aromatic N) is 3. The third-order valence-electron chi connectivity index (χ3n) is 11.8. The van der Waals surface area contributed by atoms with Gasteiger partial charge in [-0.2, -0.15) is 0 Å². The molecule has 4 atom stereocenters. The molecular formula is C50H35N3O. The predicted molar refractivity (Wildman–Crippen MR) is 216 cm³/mol. The quantitative estimate of drug-likeness (QED) is 0.184. The fraction of sp³-hybridized carbons (Fsp3) is 0.100. The van der Waals surface area contributed by atoms with Crippen LogP contribution >= 0.6 is 0 Å². The molecule has 4 unspecified atom stereocenters. The maximum atomic E-state index is 6.70. The van der Waals surface area contributed by atoms with E-state index in [2.05, 4.69) is 164 Å². The second kappa shape index (κ2) is 12.2. The van der Waals surface area contributed by atoms with E-state index in [1.54, 1.807) is 0 Å². The van der Waals surface area contributed by atoms with E-state index in [0.29, 0.717) is 17.6 Å². The normalized spacial score (nSPS) is 21.6. The third-order valence-corrected chi connectivity index (χ3v) is 11.8. The van der Waals surface area contributed by atoms with Crippen molar-refractivity contribution in [3.63, 3.8) is 0 Å². The topological polar surface area (TPSA) is 47.9 Å². The zero-order valence-electron chi connectivity index (χ0n) is 29.5. The van der Waals surface area contributed by atoms with E-state index in [1.165, 1.54) is 33.4 Å². The van der Waals surface area contributed by atoms with Crippen molar-refractivity contribution in [3.8, 4) is 34.3 Å². The van der Waals surface area contributed by atoms with Gasteiger partial charge in [0, 0.05) is 40.0 Å². The number of hydrogen-bond acceptors (Lipinski definition) is 4. The van der Waals surface area contributed by atoms with Crippen LogP contribution in [0.5, 0.6) is 11.5 Å². The van der Waals surface area contributed by atoms with Gasteiger partial charge in [0.25, 0.3) is 0 Å². The number of fused-ring (bicyclic) bond motifs is 10. The first kappa shape index (κ1) is 30.9. The molecule has 1 aliphatic heterocycles. The summed E-state index contributed by atoms with van der Waals surface area (Å²) in [5, 5.41) is 2.29. The summed E-state index contributed by atoms with van der Waals surface area (Å²) >= 11 is 0. The number of allylic oxidation sites excluding steroid dienone is 8. The Morgan fingerprint density at radius 2 is 1.33 bits per heavy atom. The summed E-state index contributed by atoms with van der Waals surface area (Å²) in [6.07, 6.45) is 16.9. The van der Waals surface area contributed by atoms with Crippen molar-refractivity contribution in [2.24, 2.45) is 5.92 Å². The standard InChI is InChI=1S/C50H35N3O/c1-2-14-34(15-3-1)47-51-48(53-49(52-47)40-20-12-16-33-13-4-5-17-37(33)40)35-27-25-32(26-28-35)36-29-30-46-44(31-36)50(43-23-10-11-24-45(43)54-46)41-21-8-6-18-38(41)39-19-7-9-22-42(39)50/h1-27,29-31,35,38,41H,28H2. The molecule has 4 aliphatic rings. The van der Waals surface area contributed by atoms with E-state index in [-0.39, 0.29) is 17.3 Å². The molecule has 1 aromatic heterocycles. The van der Waals surface area contributed by atoms with E-state index in [9.17, 15) is 0 Å². The lowest BCUT2D eigenvalue weighted by Crippen LogP contribution is -2.37. The molecule has 0 saturated carbocycles. The fourth-order valence-electron chi connectivity index (χ4n) is 9.39. The average Bonchev–Trinajstić information content (AvgIpc) is 3.54. The highest BCUT2D eigenvalue weighted by atomic mass is 16.5. The molecule has 0 N–H and O–H groups in total. The van der Waals surface area contributed by atoms with E-state index < -0.39 is 0 Å². The molecule has 4 nitrogen and oxygen atoms in total. The Bertz CT molecular complexity index is 2750. The Labute approximate surface area is 314 Å². The van der Waals surface area contributed by atoms with Gasteiger partial charge in [-0.1, -0.05) is 164 Å². The smallest absolute Gasteiger partial charge is 0.164 e. The number of rotatable bonds is 4. The SMILES string of the molecule is C1=CC2c3ccccc3C3(c4ccccc4Oc4ccc(C5=CCC(c6nc(-c7ccccc7)nc(-c7cccc8ccccc78)n6)C=C5)cc43)C2C=C1. The predicted octanol–water partition coefficient (Wildman–Crippen LogP) is 11.8. The largest absolute Gasteiger partial charge is 0.457 e. The first-order chi connectivity index (χ1) is 26.8. The Morgan fingerprint density at radius 3 is 2.24 bits per heavy atom. The van der Waals surface area contributed by atoms with Gasteiger partial charge in [-0.25, -0.2) is 15.0 Å². The van der Waals surface area contributed by atoms with E-state index in [0.717, 1.165) is 45.6 Å². The molecule has 11 rings (SSSR count). The van der Waals surface area contributed by atoms with Crippen LogP contribution in [0.2, 0.25) is 0 Å². The van der Waals surface area contributed by atoms with Gasteiger partial charge in [0.15, 0.2) is 11.6 Å². The molecule has 0 amide bonds. The fourth-order valence-corrected chi connectivity index (χ4v) is 9.39. The molecule has 54 heavy (non-hydrogen) atoms. The van der Waals surface area contributed by atoms with Gasteiger partial charge in [0.2, 0.25) is 0 Å². The van der Waals surface area contributed by atoms with Gasteiger partial charge < -0.3 is 4.74 Å². The summed E-state index contributed by atoms with van der Waals surface area (Å²) in [7, 11) is 0. The van der Waals surface area contributed by atoms with Crippen LogP contribution in [0.4, 0.5) is 0 Å². The van der Waals surface area contributed by atoms with Crippen LogP contribution in [0.25, 0.3) is 39.1 Å². The summed E-state index contributed by atoms with van der Waals surface area (Å²) in [5.74, 6) is 4.56. The average molecular weight is 694 g/mol. The van der Waals surface area contributed by atoms with Gasteiger partial charge in [-0.3, -0.25) is 0 Å². The van der Waals surface area contributed by atoms with Crippen molar-refractivity contribution in [2.45, 2.75) is 23.7 Å². The highest BCUT2D eigenvalue weighted by Crippen LogP contribution is 2.64. The summed E-state index contributed by atoms with van der Waals surface area (Å²) < 4.78 is 6.70. The van der Waals surface area contributed by atoms with Crippen LogP contribution in [0, 0.1) is 5.92 Å². The van der Waals surface area contributed by atoms with E-state index in [4.69, 9.17) is 19.7 Å². The van der Waals surface area contributed by atoms with Crippen molar-refractivity contribution in [1.29, 1.82) is 0 Å². The maximum absolute atomic E-state index is 6.70. The maximum Gasteiger partial charge on any atom is 0.164 e. The molecule has 0 radical (unpaired) electrons. The second-order valence-corrected chi connectivity index (χ2v) is 14.6.